The van der Waals surface area contributed by atoms with Gasteiger partial charge in [0.15, 0.2) is 0 Å². The predicted octanol–water partition coefficient (Wildman–Crippen LogP) is 2.50. The fraction of sp³-hybridized carbons (Fsp3) is 0.625. The van der Waals surface area contributed by atoms with E-state index >= 15 is 0 Å². The van der Waals surface area contributed by atoms with Gasteiger partial charge in [0, 0.05) is 43.6 Å². The first kappa shape index (κ1) is 13.6. The molecule has 4 nitrogen and oxygen atoms in total. The third kappa shape index (κ3) is 2.33. The van der Waals surface area contributed by atoms with Crippen LogP contribution in [0.1, 0.15) is 42.5 Å². The number of piperidine rings is 1. The number of hydrogen-bond acceptors (Lipinski definition) is 3. The largest absolute Gasteiger partial charge is 0.381 e. The summed E-state index contributed by atoms with van der Waals surface area (Å²) < 4.78 is 5.69. The molecule has 0 radical (unpaired) electrons. The minimum absolute atomic E-state index is 0.133. The molecule has 1 aromatic rings. The zero-order valence-corrected chi connectivity index (χ0v) is 12.0. The van der Waals surface area contributed by atoms with E-state index in [0.29, 0.717) is 6.10 Å². The molecule has 2 heterocycles. The van der Waals surface area contributed by atoms with E-state index in [1.54, 1.807) is 31.6 Å². The SMILES string of the molecule is CO[C@@H]1CCC[C@@]12CCCN(C(=O)c1ccncc1)C2. The van der Waals surface area contributed by atoms with E-state index in [0.717, 1.165) is 31.5 Å². The van der Waals surface area contributed by atoms with Crippen LogP contribution < -0.4 is 0 Å². The van der Waals surface area contributed by atoms with Crippen molar-refractivity contribution in [3.05, 3.63) is 30.1 Å². The Morgan fingerprint density at radius 3 is 2.85 bits per heavy atom. The van der Waals surface area contributed by atoms with Gasteiger partial charge < -0.3 is 9.64 Å². The normalized spacial score (nSPS) is 29.9. The monoisotopic (exact) mass is 274 g/mol. The van der Waals surface area contributed by atoms with Crippen molar-refractivity contribution in [3.63, 3.8) is 0 Å². The molecule has 1 aromatic heterocycles. The molecule has 1 amide bonds. The van der Waals surface area contributed by atoms with Gasteiger partial charge in [0.2, 0.25) is 0 Å². The Kier molecular flexibility index (Phi) is 3.74. The number of carbonyl (C=O) groups is 1. The van der Waals surface area contributed by atoms with Gasteiger partial charge in [-0.15, -0.1) is 0 Å². The van der Waals surface area contributed by atoms with Crippen molar-refractivity contribution in [1.29, 1.82) is 0 Å². The molecule has 0 bridgehead atoms. The van der Waals surface area contributed by atoms with Gasteiger partial charge >= 0.3 is 0 Å². The topological polar surface area (TPSA) is 42.4 Å². The fourth-order valence-corrected chi connectivity index (χ4v) is 3.95. The molecule has 2 atom stereocenters. The molecule has 4 heteroatoms. The van der Waals surface area contributed by atoms with Gasteiger partial charge in [-0.2, -0.15) is 0 Å². The average molecular weight is 274 g/mol. The van der Waals surface area contributed by atoms with Crippen molar-refractivity contribution in [2.45, 2.75) is 38.2 Å². The van der Waals surface area contributed by atoms with Gasteiger partial charge in [0.25, 0.3) is 5.91 Å². The number of methoxy groups -OCH3 is 1. The Balaban J connectivity index is 1.77. The molecule has 1 saturated heterocycles. The Labute approximate surface area is 120 Å². The molecule has 2 fully saturated rings. The van der Waals surface area contributed by atoms with Crippen molar-refractivity contribution in [2.24, 2.45) is 5.41 Å². The first-order valence-corrected chi connectivity index (χ1v) is 7.47. The predicted molar refractivity (Wildman–Crippen MR) is 76.5 cm³/mol. The van der Waals surface area contributed by atoms with Crippen LogP contribution in [0.2, 0.25) is 0 Å². The number of ether oxygens (including phenoxy) is 1. The van der Waals surface area contributed by atoms with Crippen LogP contribution in [0.25, 0.3) is 0 Å². The highest BCUT2D eigenvalue weighted by Gasteiger charge is 2.46. The second kappa shape index (κ2) is 5.52. The number of rotatable bonds is 2. The molecule has 108 valence electrons. The van der Waals surface area contributed by atoms with Crippen LogP contribution in [0.3, 0.4) is 0 Å². The maximum Gasteiger partial charge on any atom is 0.253 e. The molecule has 3 rings (SSSR count). The molecule has 0 N–H and O–H groups in total. The molecule has 2 aliphatic rings. The highest BCUT2D eigenvalue weighted by Crippen LogP contribution is 2.46. The summed E-state index contributed by atoms with van der Waals surface area (Å²) in [6, 6.07) is 3.60. The van der Waals surface area contributed by atoms with Crippen molar-refractivity contribution in [3.8, 4) is 0 Å². The number of amides is 1. The number of aromatic nitrogens is 1. The number of nitrogens with zero attached hydrogens (tertiary/aromatic N) is 2. The first-order chi connectivity index (χ1) is 9.75. The van der Waals surface area contributed by atoms with Crippen LogP contribution >= 0.6 is 0 Å². The minimum atomic E-state index is 0.133. The van der Waals surface area contributed by atoms with E-state index in [-0.39, 0.29) is 11.3 Å². The van der Waals surface area contributed by atoms with Crippen molar-refractivity contribution in [1.82, 2.24) is 9.88 Å². The smallest absolute Gasteiger partial charge is 0.253 e. The van der Waals surface area contributed by atoms with E-state index in [1.807, 2.05) is 4.90 Å². The van der Waals surface area contributed by atoms with Gasteiger partial charge in [0.1, 0.15) is 0 Å². The summed E-state index contributed by atoms with van der Waals surface area (Å²) in [7, 11) is 1.81. The maximum absolute atomic E-state index is 12.6. The Hall–Kier alpha value is -1.42. The van der Waals surface area contributed by atoms with Crippen LogP contribution in [0.15, 0.2) is 24.5 Å². The third-order valence-electron chi connectivity index (χ3n) is 4.93. The molecule has 20 heavy (non-hydrogen) atoms. The zero-order chi connectivity index (χ0) is 14.0. The number of carbonyl (C=O) groups excluding carboxylic acids is 1. The first-order valence-electron chi connectivity index (χ1n) is 7.47. The lowest BCUT2D eigenvalue weighted by Crippen LogP contribution is -2.49. The van der Waals surface area contributed by atoms with E-state index in [2.05, 4.69) is 4.98 Å². The van der Waals surface area contributed by atoms with Crippen LogP contribution in [0.4, 0.5) is 0 Å². The molecular formula is C16H22N2O2. The summed E-state index contributed by atoms with van der Waals surface area (Å²) in [5.74, 6) is 0.133. The number of likely N-dealkylation sites (tertiary alicyclic amines) is 1. The summed E-state index contributed by atoms with van der Waals surface area (Å²) in [5.41, 5.74) is 0.930. The van der Waals surface area contributed by atoms with E-state index < -0.39 is 0 Å². The van der Waals surface area contributed by atoms with E-state index in [4.69, 9.17) is 4.74 Å². The summed E-state index contributed by atoms with van der Waals surface area (Å²) in [6.45, 7) is 1.70. The molecule has 1 aliphatic heterocycles. The second-order valence-electron chi connectivity index (χ2n) is 6.05. The summed E-state index contributed by atoms with van der Waals surface area (Å²) in [5, 5.41) is 0. The molecule has 1 aliphatic carbocycles. The lowest BCUT2D eigenvalue weighted by atomic mass is 9.76. The van der Waals surface area contributed by atoms with Crippen LogP contribution in [-0.2, 0) is 4.74 Å². The molecule has 1 spiro atoms. The lowest BCUT2D eigenvalue weighted by molar-refractivity contribution is -0.0295. The highest BCUT2D eigenvalue weighted by atomic mass is 16.5. The van der Waals surface area contributed by atoms with Crippen molar-refractivity contribution < 1.29 is 9.53 Å². The molecule has 0 unspecified atom stereocenters. The third-order valence-corrected chi connectivity index (χ3v) is 4.93. The second-order valence-corrected chi connectivity index (χ2v) is 6.05. The Morgan fingerprint density at radius 1 is 1.35 bits per heavy atom. The van der Waals surface area contributed by atoms with Gasteiger partial charge in [-0.25, -0.2) is 0 Å². The van der Waals surface area contributed by atoms with Crippen molar-refractivity contribution in [2.75, 3.05) is 20.2 Å². The minimum Gasteiger partial charge on any atom is -0.381 e. The van der Waals surface area contributed by atoms with Crippen LogP contribution in [0.5, 0.6) is 0 Å². The van der Waals surface area contributed by atoms with Gasteiger partial charge in [-0.1, -0.05) is 6.42 Å². The molecule has 0 aromatic carbocycles. The van der Waals surface area contributed by atoms with Crippen molar-refractivity contribution >= 4 is 5.91 Å². The summed E-state index contributed by atoms with van der Waals surface area (Å²) >= 11 is 0. The van der Waals surface area contributed by atoms with Gasteiger partial charge in [0.05, 0.1) is 6.10 Å². The quantitative estimate of drug-likeness (QED) is 0.832. The Bertz CT molecular complexity index is 477. The van der Waals surface area contributed by atoms with Crippen LogP contribution in [0, 0.1) is 5.41 Å². The maximum atomic E-state index is 12.6. The fourth-order valence-electron chi connectivity index (χ4n) is 3.95. The van der Waals surface area contributed by atoms with Crippen LogP contribution in [-0.4, -0.2) is 42.1 Å². The van der Waals surface area contributed by atoms with Gasteiger partial charge in [-0.3, -0.25) is 9.78 Å². The van der Waals surface area contributed by atoms with E-state index in [1.165, 1.54) is 19.3 Å². The lowest BCUT2D eigenvalue weighted by Gasteiger charge is -2.43. The Morgan fingerprint density at radius 2 is 2.10 bits per heavy atom. The summed E-state index contributed by atoms with van der Waals surface area (Å²) in [6.07, 6.45) is 9.48. The number of pyridine rings is 1. The number of hydrogen-bond donors (Lipinski definition) is 0. The standard InChI is InChI=1S/C16H22N2O2/c1-20-14-4-2-7-16(14)8-3-11-18(12-16)15(19)13-5-9-17-10-6-13/h5-6,9-10,14H,2-4,7-8,11-12H2,1H3/t14-,16+/m1/s1. The van der Waals surface area contributed by atoms with E-state index in [9.17, 15) is 4.79 Å². The molecular weight excluding hydrogens is 252 g/mol. The average Bonchev–Trinajstić information content (AvgIpc) is 2.89. The summed E-state index contributed by atoms with van der Waals surface area (Å²) in [4.78, 5) is 18.6. The highest BCUT2D eigenvalue weighted by molar-refractivity contribution is 5.94. The zero-order valence-electron chi connectivity index (χ0n) is 12.0. The van der Waals surface area contributed by atoms with Gasteiger partial charge in [-0.05, 0) is 37.8 Å². The molecule has 1 saturated carbocycles.